The molecule has 2 aromatic carbocycles. The fraction of sp³-hybridized carbons (Fsp3) is 0.294. The number of hydrogen-bond acceptors (Lipinski definition) is 1. The molecular weight excluding hydrogens is 275 g/mol. The molecule has 0 aliphatic rings. The quantitative estimate of drug-likeness (QED) is 0.825. The van der Waals surface area contributed by atoms with Crippen molar-refractivity contribution in [3.63, 3.8) is 0 Å². The van der Waals surface area contributed by atoms with Crippen molar-refractivity contribution in [2.45, 2.75) is 32.1 Å². The molecule has 0 aliphatic heterocycles. The van der Waals surface area contributed by atoms with Crippen molar-refractivity contribution in [2.24, 2.45) is 0 Å². The van der Waals surface area contributed by atoms with E-state index in [1.807, 2.05) is 44.2 Å². The Bertz CT molecular complexity index is 561. The smallest absolute Gasteiger partial charge is 0.304 e. The third-order valence-electron chi connectivity index (χ3n) is 3.54. The molecule has 0 radical (unpaired) electrons. The van der Waals surface area contributed by atoms with E-state index >= 15 is 0 Å². The molecular formula is C17H18F3N. The molecule has 0 bridgehead atoms. The molecule has 0 unspecified atom stereocenters. The van der Waals surface area contributed by atoms with Crippen molar-refractivity contribution in [3.05, 3.63) is 71.3 Å². The Hall–Kier alpha value is -1.81. The van der Waals surface area contributed by atoms with E-state index in [4.69, 9.17) is 0 Å². The first-order chi connectivity index (χ1) is 9.88. The largest absolute Gasteiger partial charge is 0.416 e. The molecule has 0 aliphatic carbocycles. The van der Waals surface area contributed by atoms with Crippen LogP contribution < -0.4 is 5.32 Å². The third-order valence-corrected chi connectivity index (χ3v) is 3.54. The lowest BCUT2D eigenvalue weighted by molar-refractivity contribution is -0.137. The highest BCUT2D eigenvalue weighted by Gasteiger charge is 2.30. The van der Waals surface area contributed by atoms with E-state index in [0.29, 0.717) is 0 Å². The summed E-state index contributed by atoms with van der Waals surface area (Å²) in [4.78, 5) is 0. The van der Waals surface area contributed by atoms with Crippen LogP contribution in [0.5, 0.6) is 0 Å². The van der Waals surface area contributed by atoms with Crippen LogP contribution in [0.2, 0.25) is 0 Å². The van der Waals surface area contributed by atoms with Gasteiger partial charge >= 0.3 is 6.18 Å². The highest BCUT2D eigenvalue weighted by Crippen LogP contribution is 2.30. The first kappa shape index (κ1) is 15.6. The highest BCUT2D eigenvalue weighted by atomic mass is 19.4. The Morgan fingerprint density at radius 1 is 0.762 bits per heavy atom. The summed E-state index contributed by atoms with van der Waals surface area (Å²) >= 11 is 0. The van der Waals surface area contributed by atoms with Gasteiger partial charge < -0.3 is 5.32 Å². The standard InChI is InChI=1S/C17H18F3N/c1-12(14-6-4-3-5-7-14)21-13(2)15-8-10-16(11-9-15)17(18,19)20/h3-13,21H,1-2H3/t12-,13+/m0/s1. The molecule has 4 heteroatoms. The number of benzene rings is 2. The molecule has 21 heavy (non-hydrogen) atoms. The van der Waals surface area contributed by atoms with Crippen LogP contribution in [-0.2, 0) is 6.18 Å². The monoisotopic (exact) mass is 293 g/mol. The van der Waals surface area contributed by atoms with Gasteiger partial charge in [0.25, 0.3) is 0 Å². The van der Waals surface area contributed by atoms with Gasteiger partial charge in [-0.2, -0.15) is 13.2 Å². The molecule has 112 valence electrons. The second-order valence-electron chi connectivity index (χ2n) is 5.14. The van der Waals surface area contributed by atoms with Gasteiger partial charge in [0, 0.05) is 12.1 Å². The van der Waals surface area contributed by atoms with E-state index in [1.165, 1.54) is 12.1 Å². The molecule has 0 fully saturated rings. The molecule has 0 saturated carbocycles. The van der Waals surface area contributed by atoms with Crippen LogP contribution in [0.25, 0.3) is 0 Å². The van der Waals surface area contributed by atoms with Crippen molar-refractivity contribution in [2.75, 3.05) is 0 Å². The van der Waals surface area contributed by atoms with Gasteiger partial charge in [-0.05, 0) is 37.1 Å². The number of rotatable bonds is 4. The minimum absolute atomic E-state index is 0.0255. The van der Waals surface area contributed by atoms with Gasteiger partial charge in [0.1, 0.15) is 0 Å². The average molecular weight is 293 g/mol. The summed E-state index contributed by atoms with van der Waals surface area (Å²) in [6.45, 7) is 3.98. The zero-order valence-electron chi connectivity index (χ0n) is 12.0. The lowest BCUT2D eigenvalue weighted by Crippen LogP contribution is -2.22. The summed E-state index contributed by atoms with van der Waals surface area (Å²) < 4.78 is 37.6. The van der Waals surface area contributed by atoms with Crippen molar-refractivity contribution in [3.8, 4) is 0 Å². The van der Waals surface area contributed by atoms with Gasteiger partial charge in [-0.25, -0.2) is 0 Å². The molecule has 2 rings (SSSR count). The lowest BCUT2D eigenvalue weighted by atomic mass is 10.0. The van der Waals surface area contributed by atoms with Crippen molar-refractivity contribution < 1.29 is 13.2 Å². The average Bonchev–Trinajstić information content (AvgIpc) is 2.47. The van der Waals surface area contributed by atoms with E-state index in [1.54, 1.807) is 0 Å². The maximum atomic E-state index is 12.5. The lowest BCUT2D eigenvalue weighted by Gasteiger charge is -2.21. The number of hydrogen-bond donors (Lipinski definition) is 1. The molecule has 1 nitrogen and oxygen atoms in total. The molecule has 0 aromatic heterocycles. The fourth-order valence-electron chi connectivity index (χ4n) is 2.27. The van der Waals surface area contributed by atoms with E-state index in [2.05, 4.69) is 5.32 Å². The molecule has 1 N–H and O–H groups in total. The second kappa shape index (κ2) is 6.31. The van der Waals surface area contributed by atoms with E-state index in [9.17, 15) is 13.2 Å². The Kier molecular flexibility index (Phi) is 4.68. The summed E-state index contributed by atoms with van der Waals surface area (Å²) in [5.41, 5.74) is 1.37. The minimum Gasteiger partial charge on any atom is -0.304 e. The molecule has 0 heterocycles. The summed E-state index contributed by atoms with van der Waals surface area (Å²) in [6, 6.07) is 15.3. The SMILES string of the molecule is C[C@H](N[C@H](C)c1ccc(C(F)(F)F)cc1)c1ccccc1. The van der Waals surface area contributed by atoms with Crippen LogP contribution >= 0.6 is 0 Å². The normalized spacial score (nSPS) is 14.7. The van der Waals surface area contributed by atoms with E-state index in [-0.39, 0.29) is 12.1 Å². The predicted molar refractivity (Wildman–Crippen MR) is 77.9 cm³/mol. The van der Waals surface area contributed by atoms with Crippen LogP contribution in [0, 0.1) is 0 Å². The highest BCUT2D eigenvalue weighted by molar-refractivity contribution is 5.27. The van der Waals surface area contributed by atoms with Crippen molar-refractivity contribution in [1.29, 1.82) is 0 Å². The molecule has 2 atom stereocenters. The van der Waals surface area contributed by atoms with Gasteiger partial charge in [-0.1, -0.05) is 42.5 Å². The summed E-state index contributed by atoms with van der Waals surface area (Å²) in [7, 11) is 0. The first-order valence-corrected chi connectivity index (χ1v) is 6.86. The van der Waals surface area contributed by atoms with E-state index < -0.39 is 11.7 Å². The Labute approximate surface area is 122 Å². The molecule has 0 saturated heterocycles. The zero-order chi connectivity index (χ0) is 15.5. The topological polar surface area (TPSA) is 12.0 Å². The van der Waals surface area contributed by atoms with Gasteiger partial charge in [-0.15, -0.1) is 0 Å². The first-order valence-electron chi connectivity index (χ1n) is 6.86. The van der Waals surface area contributed by atoms with Crippen LogP contribution in [0.15, 0.2) is 54.6 Å². The number of nitrogens with one attached hydrogen (secondary N) is 1. The number of halogens is 3. The van der Waals surface area contributed by atoms with E-state index in [0.717, 1.165) is 23.3 Å². The molecule has 0 amide bonds. The van der Waals surface area contributed by atoms with Gasteiger partial charge in [0.05, 0.1) is 5.56 Å². The van der Waals surface area contributed by atoms with Gasteiger partial charge in [-0.3, -0.25) is 0 Å². The van der Waals surface area contributed by atoms with Crippen LogP contribution in [0.1, 0.15) is 42.6 Å². The maximum Gasteiger partial charge on any atom is 0.416 e. The Balaban J connectivity index is 2.05. The van der Waals surface area contributed by atoms with Gasteiger partial charge in [0.15, 0.2) is 0 Å². The van der Waals surface area contributed by atoms with Crippen molar-refractivity contribution >= 4 is 0 Å². The molecule has 0 spiro atoms. The summed E-state index contributed by atoms with van der Waals surface area (Å²) in [5.74, 6) is 0. The summed E-state index contributed by atoms with van der Waals surface area (Å²) in [5, 5.41) is 3.39. The van der Waals surface area contributed by atoms with Crippen LogP contribution in [0.4, 0.5) is 13.2 Å². The second-order valence-corrected chi connectivity index (χ2v) is 5.14. The molecule has 2 aromatic rings. The fourth-order valence-corrected chi connectivity index (χ4v) is 2.27. The van der Waals surface area contributed by atoms with Crippen molar-refractivity contribution in [1.82, 2.24) is 5.32 Å². The van der Waals surface area contributed by atoms with Gasteiger partial charge in [0.2, 0.25) is 0 Å². The predicted octanol–water partition coefficient (Wildman–Crippen LogP) is 5.12. The Morgan fingerprint density at radius 2 is 1.24 bits per heavy atom. The zero-order valence-corrected chi connectivity index (χ0v) is 12.0. The van der Waals surface area contributed by atoms with Crippen LogP contribution in [-0.4, -0.2) is 0 Å². The van der Waals surface area contributed by atoms with Crippen LogP contribution in [0.3, 0.4) is 0 Å². The number of alkyl halides is 3. The minimum atomic E-state index is -4.29. The summed E-state index contributed by atoms with van der Waals surface area (Å²) in [6.07, 6.45) is -4.29. The Morgan fingerprint density at radius 3 is 1.71 bits per heavy atom. The maximum absolute atomic E-state index is 12.5. The third kappa shape index (κ3) is 4.08.